The van der Waals surface area contributed by atoms with Crippen LogP contribution in [0.25, 0.3) is 0 Å². The van der Waals surface area contributed by atoms with E-state index in [1.54, 1.807) is 0 Å². The van der Waals surface area contributed by atoms with Crippen molar-refractivity contribution in [1.29, 1.82) is 0 Å². The highest BCUT2D eigenvalue weighted by atomic mass is 15.1. The van der Waals surface area contributed by atoms with Gasteiger partial charge in [0.15, 0.2) is 0 Å². The molecule has 1 aliphatic carbocycles. The van der Waals surface area contributed by atoms with Crippen molar-refractivity contribution in [1.82, 2.24) is 4.90 Å². The summed E-state index contributed by atoms with van der Waals surface area (Å²) in [6, 6.07) is 0. The fraction of sp³-hybridized carbons (Fsp3) is 1.00. The van der Waals surface area contributed by atoms with Crippen LogP contribution in [0.2, 0.25) is 0 Å². The van der Waals surface area contributed by atoms with Crippen molar-refractivity contribution in [2.24, 2.45) is 23.0 Å². The molecule has 0 aromatic carbocycles. The first-order valence-electron chi connectivity index (χ1n) is 7.79. The summed E-state index contributed by atoms with van der Waals surface area (Å²) in [6.45, 7) is 10.2. The Morgan fingerprint density at radius 3 is 2.28 bits per heavy atom. The zero-order valence-corrected chi connectivity index (χ0v) is 13.0. The third-order valence-electron chi connectivity index (χ3n) is 4.10. The summed E-state index contributed by atoms with van der Waals surface area (Å²) in [5.74, 6) is 1.59. The van der Waals surface area contributed by atoms with Gasteiger partial charge in [-0.1, -0.05) is 40.0 Å². The lowest BCUT2D eigenvalue weighted by atomic mass is 9.84. The molecule has 1 saturated carbocycles. The highest BCUT2D eigenvalue weighted by Crippen LogP contribution is 2.26. The van der Waals surface area contributed by atoms with Crippen molar-refractivity contribution in [3.05, 3.63) is 0 Å². The van der Waals surface area contributed by atoms with Crippen molar-refractivity contribution < 1.29 is 0 Å². The van der Waals surface area contributed by atoms with Gasteiger partial charge in [-0.05, 0) is 50.1 Å². The van der Waals surface area contributed by atoms with E-state index in [2.05, 4.69) is 32.7 Å². The number of rotatable bonds is 6. The maximum Gasteiger partial charge on any atom is 0.00190 e. The molecule has 0 aliphatic heterocycles. The van der Waals surface area contributed by atoms with Crippen LogP contribution in [0.3, 0.4) is 0 Å². The van der Waals surface area contributed by atoms with Gasteiger partial charge in [0.1, 0.15) is 0 Å². The maximum atomic E-state index is 5.93. The highest BCUT2D eigenvalue weighted by molar-refractivity contribution is 4.75. The van der Waals surface area contributed by atoms with Crippen LogP contribution in [0.1, 0.15) is 59.3 Å². The molecule has 1 rings (SSSR count). The molecule has 0 amide bonds. The minimum atomic E-state index is 0.399. The number of nitrogens with zero attached hydrogens (tertiary/aromatic N) is 1. The highest BCUT2D eigenvalue weighted by Gasteiger charge is 2.21. The summed E-state index contributed by atoms with van der Waals surface area (Å²) in [4.78, 5) is 2.53. The van der Waals surface area contributed by atoms with Crippen molar-refractivity contribution >= 4 is 0 Å². The van der Waals surface area contributed by atoms with Crippen LogP contribution in [-0.2, 0) is 0 Å². The Kier molecular flexibility index (Phi) is 6.65. The van der Waals surface area contributed by atoms with Crippen molar-refractivity contribution in [2.75, 3.05) is 26.7 Å². The second-order valence-electron chi connectivity index (χ2n) is 7.59. The molecule has 1 atom stereocenters. The van der Waals surface area contributed by atoms with E-state index in [1.165, 1.54) is 51.6 Å². The fourth-order valence-electron chi connectivity index (χ4n) is 3.41. The average Bonchev–Trinajstić information content (AvgIpc) is 2.27. The van der Waals surface area contributed by atoms with E-state index in [-0.39, 0.29) is 0 Å². The SMILES string of the molecule is CN(CC1CCCCC1)CC(CN)CC(C)(C)C. The van der Waals surface area contributed by atoms with Crippen molar-refractivity contribution in [3.63, 3.8) is 0 Å². The summed E-state index contributed by atoms with van der Waals surface area (Å²) in [6.07, 6.45) is 8.46. The van der Waals surface area contributed by atoms with Crippen LogP contribution < -0.4 is 5.73 Å². The van der Waals surface area contributed by atoms with E-state index in [0.717, 1.165) is 12.5 Å². The second-order valence-corrected chi connectivity index (χ2v) is 7.59. The molecule has 0 radical (unpaired) electrons. The van der Waals surface area contributed by atoms with Crippen LogP contribution in [0, 0.1) is 17.3 Å². The Labute approximate surface area is 114 Å². The molecule has 0 aromatic heterocycles. The molecule has 2 N–H and O–H groups in total. The first-order valence-corrected chi connectivity index (χ1v) is 7.79. The average molecular weight is 254 g/mol. The van der Waals surface area contributed by atoms with Gasteiger partial charge < -0.3 is 10.6 Å². The number of hydrogen-bond acceptors (Lipinski definition) is 2. The van der Waals surface area contributed by atoms with Crippen LogP contribution in [0.4, 0.5) is 0 Å². The zero-order chi connectivity index (χ0) is 13.6. The van der Waals surface area contributed by atoms with E-state index < -0.39 is 0 Å². The zero-order valence-electron chi connectivity index (χ0n) is 13.0. The van der Waals surface area contributed by atoms with Gasteiger partial charge in [0.2, 0.25) is 0 Å². The van der Waals surface area contributed by atoms with Gasteiger partial charge in [0, 0.05) is 13.1 Å². The number of nitrogens with two attached hydrogens (primary N) is 1. The molecule has 0 saturated heterocycles. The molecule has 0 bridgehead atoms. The molecule has 2 heteroatoms. The standard InChI is InChI=1S/C16H34N2/c1-16(2,3)10-15(11-17)13-18(4)12-14-8-6-5-7-9-14/h14-15H,5-13,17H2,1-4H3. The summed E-state index contributed by atoms with van der Waals surface area (Å²) in [5.41, 5.74) is 6.33. The van der Waals surface area contributed by atoms with Gasteiger partial charge in [-0.2, -0.15) is 0 Å². The third-order valence-corrected chi connectivity index (χ3v) is 4.10. The van der Waals surface area contributed by atoms with Crippen LogP contribution in [0.15, 0.2) is 0 Å². The molecule has 108 valence electrons. The molecule has 2 nitrogen and oxygen atoms in total. The molecule has 1 unspecified atom stereocenters. The van der Waals surface area contributed by atoms with E-state index in [0.29, 0.717) is 11.3 Å². The van der Waals surface area contributed by atoms with Crippen molar-refractivity contribution in [3.8, 4) is 0 Å². The summed E-state index contributed by atoms with van der Waals surface area (Å²) < 4.78 is 0. The third kappa shape index (κ3) is 6.75. The second kappa shape index (κ2) is 7.49. The topological polar surface area (TPSA) is 29.3 Å². The normalized spacial score (nSPS) is 20.3. The van der Waals surface area contributed by atoms with Crippen molar-refractivity contribution in [2.45, 2.75) is 59.3 Å². The summed E-state index contributed by atoms with van der Waals surface area (Å²) >= 11 is 0. The minimum absolute atomic E-state index is 0.399. The molecule has 0 spiro atoms. The lowest BCUT2D eigenvalue weighted by molar-refractivity contribution is 0.184. The largest absolute Gasteiger partial charge is 0.330 e. The smallest absolute Gasteiger partial charge is 0.00190 e. The van der Waals surface area contributed by atoms with E-state index in [9.17, 15) is 0 Å². The summed E-state index contributed by atoms with van der Waals surface area (Å²) in [5, 5.41) is 0. The molecule has 1 aliphatic rings. The van der Waals surface area contributed by atoms with Gasteiger partial charge in [-0.25, -0.2) is 0 Å². The predicted molar refractivity (Wildman–Crippen MR) is 80.7 cm³/mol. The van der Waals surface area contributed by atoms with E-state index in [4.69, 9.17) is 5.73 Å². The molecule has 1 fully saturated rings. The first-order chi connectivity index (χ1) is 8.40. The minimum Gasteiger partial charge on any atom is -0.330 e. The van der Waals surface area contributed by atoms with Gasteiger partial charge in [0.25, 0.3) is 0 Å². The fourth-order valence-corrected chi connectivity index (χ4v) is 3.41. The molecular weight excluding hydrogens is 220 g/mol. The summed E-state index contributed by atoms with van der Waals surface area (Å²) in [7, 11) is 2.28. The molecule has 0 heterocycles. The Morgan fingerprint density at radius 2 is 1.78 bits per heavy atom. The van der Waals surface area contributed by atoms with Crippen LogP contribution in [-0.4, -0.2) is 31.6 Å². The first kappa shape index (κ1) is 16.0. The van der Waals surface area contributed by atoms with Gasteiger partial charge >= 0.3 is 0 Å². The lowest BCUT2D eigenvalue weighted by Gasteiger charge is -2.31. The predicted octanol–water partition coefficient (Wildman–Crippen LogP) is 3.51. The Bertz CT molecular complexity index is 214. The van der Waals surface area contributed by atoms with Crippen LogP contribution >= 0.6 is 0 Å². The van der Waals surface area contributed by atoms with E-state index >= 15 is 0 Å². The monoisotopic (exact) mass is 254 g/mol. The van der Waals surface area contributed by atoms with Crippen LogP contribution in [0.5, 0.6) is 0 Å². The molecule has 18 heavy (non-hydrogen) atoms. The Morgan fingerprint density at radius 1 is 1.17 bits per heavy atom. The number of hydrogen-bond donors (Lipinski definition) is 1. The van der Waals surface area contributed by atoms with Gasteiger partial charge in [0.05, 0.1) is 0 Å². The van der Waals surface area contributed by atoms with Gasteiger partial charge in [-0.3, -0.25) is 0 Å². The quantitative estimate of drug-likeness (QED) is 0.786. The maximum absolute atomic E-state index is 5.93. The molecular formula is C16H34N2. The Balaban J connectivity index is 2.29. The molecule has 0 aromatic rings. The Hall–Kier alpha value is -0.0800. The lowest BCUT2D eigenvalue weighted by Crippen LogP contribution is -2.35. The van der Waals surface area contributed by atoms with E-state index in [1.807, 2.05) is 0 Å². The van der Waals surface area contributed by atoms with Gasteiger partial charge in [-0.15, -0.1) is 0 Å².